The summed E-state index contributed by atoms with van der Waals surface area (Å²) in [5, 5.41) is 13.6. The summed E-state index contributed by atoms with van der Waals surface area (Å²) in [5.41, 5.74) is 2.93. The summed E-state index contributed by atoms with van der Waals surface area (Å²) in [7, 11) is 0. The summed E-state index contributed by atoms with van der Waals surface area (Å²) >= 11 is 0. The predicted octanol–water partition coefficient (Wildman–Crippen LogP) is 4.67. The van der Waals surface area contributed by atoms with Crippen LogP contribution in [0.15, 0.2) is 47.7 Å². The lowest BCUT2D eigenvalue weighted by Crippen LogP contribution is -2.58. The molecule has 4 heterocycles. The number of alkyl halides is 3. The molecule has 1 fully saturated rings. The van der Waals surface area contributed by atoms with Crippen LogP contribution in [-0.2, 0) is 13.1 Å². The summed E-state index contributed by atoms with van der Waals surface area (Å²) in [6, 6.07) is 9.56. The smallest absolute Gasteiger partial charge is 0.364 e. The van der Waals surface area contributed by atoms with E-state index in [1.807, 2.05) is 12.1 Å². The van der Waals surface area contributed by atoms with Crippen LogP contribution in [-0.4, -0.2) is 60.6 Å². The summed E-state index contributed by atoms with van der Waals surface area (Å²) < 4.78 is 42.1. The van der Waals surface area contributed by atoms with Crippen molar-refractivity contribution < 1.29 is 13.2 Å². The third kappa shape index (κ3) is 5.25. The fourth-order valence-electron chi connectivity index (χ4n) is 5.77. The van der Waals surface area contributed by atoms with E-state index in [4.69, 9.17) is 0 Å². The van der Waals surface area contributed by atoms with Gasteiger partial charge in [0, 0.05) is 49.7 Å². The van der Waals surface area contributed by atoms with Crippen molar-refractivity contribution in [3.8, 4) is 6.07 Å². The Kier molecular flexibility index (Phi) is 7.51. The minimum atomic E-state index is -4.58. The van der Waals surface area contributed by atoms with Crippen molar-refractivity contribution in [3.63, 3.8) is 0 Å². The van der Waals surface area contributed by atoms with Crippen molar-refractivity contribution in [2.45, 2.75) is 71.0 Å². The van der Waals surface area contributed by atoms with E-state index in [0.29, 0.717) is 28.9 Å². The number of piperazine rings is 1. The van der Waals surface area contributed by atoms with Crippen molar-refractivity contribution in [2.75, 3.05) is 18.0 Å². The van der Waals surface area contributed by atoms with Crippen LogP contribution < -0.4 is 10.5 Å². The molecule has 0 radical (unpaired) electrons. The number of halogens is 3. The number of anilines is 1. The molecule has 0 amide bonds. The molecular formula is C28H31F3N8O. The van der Waals surface area contributed by atoms with Gasteiger partial charge in [0.1, 0.15) is 18.6 Å². The average molecular weight is 553 g/mol. The van der Waals surface area contributed by atoms with Gasteiger partial charge in [-0.15, -0.1) is 0 Å². The Morgan fingerprint density at radius 1 is 1.07 bits per heavy atom. The zero-order chi connectivity index (χ0) is 28.6. The first-order valence-electron chi connectivity index (χ1n) is 13.4. The standard InChI is InChI=1S/C28H31F3N8O/c1-4-20-15-38(21(5-2)14-37(20)18(3)19-6-7-22-23(12-19)34-10-9-33-22)24-13-26(40)39(17-28(29,30)31)25-16-36(11-8-32)35-27(24)25/h6-7,9-10,12-13,16,18,20-21H,4-5,11,14-15,17H2,1-3H3/t18-,20-,21+/m1/s1. The van der Waals surface area contributed by atoms with Gasteiger partial charge in [0.15, 0.2) is 0 Å². The molecule has 40 heavy (non-hydrogen) atoms. The predicted molar refractivity (Wildman–Crippen MR) is 146 cm³/mol. The topological polar surface area (TPSA) is 95.9 Å². The molecule has 3 atom stereocenters. The SMILES string of the molecule is CC[C@H]1CN([C@H](C)c2ccc3nccnc3c2)[C@H](CC)CN1c1cc(=O)n(CC(F)(F)F)c2cn(CC#N)nc12. The number of nitrogens with zero attached hydrogens (tertiary/aromatic N) is 8. The third-order valence-electron chi connectivity index (χ3n) is 7.84. The van der Waals surface area contributed by atoms with E-state index in [1.165, 1.54) is 16.9 Å². The van der Waals surface area contributed by atoms with Crippen LogP contribution in [0.25, 0.3) is 22.1 Å². The number of rotatable bonds is 7. The summed E-state index contributed by atoms with van der Waals surface area (Å²) in [6.07, 6.45) is 1.72. The fourth-order valence-corrected chi connectivity index (χ4v) is 5.77. The number of hydrogen-bond acceptors (Lipinski definition) is 7. The van der Waals surface area contributed by atoms with E-state index in [2.05, 4.69) is 57.8 Å². The number of pyridine rings is 1. The summed E-state index contributed by atoms with van der Waals surface area (Å²) in [5.74, 6) is 0. The number of aromatic nitrogens is 5. The number of nitriles is 1. The number of hydrogen-bond donors (Lipinski definition) is 0. The Bertz CT molecular complexity index is 1620. The third-order valence-corrected chi connectivity index (χ3v) is 7.84. The van der Waals surface area contributed by atoms with Crippen molar-refractivity contribution in [1.82, 2.24) is 29.2 Å². The fraction of sp³-hybridized carbons (Fsp3) is 0.464. The van der Waals surface area contributed by atoms with E-state index in [1.54, 1.807) is 12.4 Å². The molecule has 1 saturated heterocycles. The van der Waals surface area contributed by atoms with Crippen molar-refractivity contribution in [3.05, 3.63) is 58.8 Å². The van der Waals surface area contributed by atoms with Crippen LogP contribution in [0.4, 0.5) is 18.9 Å². The van der Waals surface area contributed by atoms with Crippen LogP contribution in [0.3, 0.4) is 0 Å². The first-order valence-corrected chi connectivity index (χ1v) is 13.4. The monoisotopic (exact) mass is 552 g/mol. The van der Waals surface area contributed by atoms with Crippen molar-refractivity contribution in [2.24, 2.45) is 0 Å². The van der Waals surface area contributed by atoms with E-state index in [0.717, 1.165) is 29.4 Å². The van der Waals surface area contributed by atoms with Gasteiger partial charge in [0.05, 0.1) is 34.5 Å². The average Bonchev–Trinajstić information content (AvgIpc) is 3.36. The maximum Gasteiger partial charge on any atom is 0.406 e. The second kappa shape index (κ2) is 10.9. The van der Waals surface area contributed by atoms with Crippen LogP contribution in [0.1, 0.15) is 45.2 Å². The van der Waals surface area contributed by atoms with Gasteiger partial charge in [-0.3, -0.25) is 28.9 Å². The molecule has 3 aromatic heterocycles. The zero-order valence-electron chi connectivity index (χ0n) is 22.6. The molecule has 0 spiro atoms. The Balaban J connectivity index is 1.53. The molecule has 1 aliphatic heterocycles. The van der Waals surface area contributed by atoms with E-state index < -0.39 is 18.3 Å². The molecule has 1 aromatic carbocycles. The van der Waals surface area contributed by atoms with Crippen molar-refractivity contribution in [1.29, 1.82) is 5.26 Å². The largest absolute Gasteiger partial charge is 0.406 e. The highest BCUT2D eigenvalue weighted by Crippen LogP contribution is 2.35. The highest BCUT2D eigenvalue weighted by atomic mass is 19.4. The lowest BCUT2D eigenvalue weighted by Gasteiger charge is -2.49. The molecule has 0 saturated carbocycles. The Labute approximate surface area is 229 Å². The minimum Gasteiger partial charge on any atom is -0.364 e. The van der Waals surface area contributed by atoms with Crippen LogP contribution >= 0.6 is 0 Å². The van der Waals surface area contributed by atoms with Gasteiger partial charge >= 0.3 is 6.18 Å². The highest BCUT2D eigenvalue weighted by Gasteiger charge is 2.37. The quantitative estimate of drug-likeness (QED) is 0.329. The molecule has 0 aliphatic carbocycles. The molecule has 210 valence electrons. The zero-order valence-corrected chi connectivity index (χ0v) is 22.6. The lowest BCUT2D eigenvalue weighted by molar-refractivity contribution is -0.140. The van der Waals surface area contributed by atoms with Gasteiger partial charge in [-0.2, -0.15) is 23.5 Å². The Hall–Kier alpha value is -3.98. The summed E-state index contributed by atoms with van der Waals surface area (Å²) in [6.45, 7) is 6.06. The molecule has 1 aliphatic rings. The second-order valence-electron chi connectivity index (χ2n) is 10.2. The van der Waals surface area contributed by atoms with Gasteiger partial charge in [-0.05, 0) is 37.5 Å². The first-order chi connectivity index (χ1) is 19.1. The number of fused-ring (bicyclic) bond motifs is 2. The normalized spacial score (nSPS) is 19.3. The summed E-state index contributed by atoms with van der Waals surface area (Å²) in [4.78, 5) is 26.5. The van der Waals surface area contributed by atoms with Crippen molar-refractivity contribution >= 4 is 27.8 Å². The van der Waals surface area contributed by atoms with Gasteiger partial charge in [-0.25, -0.2) is 0 Å². The molecule has 4 aromatic rings. The van der Waals surface area contributed by atoms with Gasteiger partial charge in [-0.1, -0.05) is 19.9 Å². The first kappa shape index (κ1) is 27.6. The Morgan fingerprint density at radius 2 is 1.80 bits per heavy atom. The maximum atomic E-state index is 13.4. The molecular weight excluding hydrogens is 521 g/mol. The van der Waals surface area contributed by atoms with E-state index in [9.17, 15) is 23.2 Å². The van der Waals surface area contributed by atoms with E-state index in [-0.39, 0.29) is 30.2 Å². The highest BCUT2D eigenvalue weighted by molar-refractivity contribution is 5.88. The van der Waals surface area contributed by atoms with E-state index >= 15 is 0 Å². The lowest BCUT2D eigenvalue weighted by atomic mass is 9.96. The molecule has 0 bridgehead atoms. The maximum absolute atomic E-state index is 13.4. The van der Waals surface area contributed by atoms with Gasteiger partial charge in [0.25, 0.3) is 5.56 Å². The van der Waals surface area contributed by atoms with Crippen LogP contribution in [0.2, 0.25) is 0 Å². The molecule has 0 N–H and O–H groups in total. The Morgan fingerprint density at radius 3 is 2.48 bits per heavy atom. The molecule has 9 nitrogen and oxygen atoms in total. The van der Waals surface area contributed by atoms with Crippen LogP contribution in [0, 0.1) is 11.3 Å². The number of benzene rings is 1. The van der Waals surface area contributed by atoms with Gasteiger partial charge in [0.2, 0.25) is 0 Å². The molecule has 5 rings (SSSR count). The minimum absolute atomic E-state index is 0.00678. The second-order valence-corrected chi connectivity index (χ2v) is 10.2. The molecule has 12 heteroatoms. The van der Waals surface area contributed by atoms with Gasteiger partial charge < -0.3 is 4.90 Å². The van der Waals surface area contributed by atoms with Crippen LogP contribution in [0.5, 0.6) is 0 Å². The molecule has 0 unspecified atom stereocenters.